The lowest BCUT2D eigenvalue weighted by Gasteiger charge is -2.38. The maximum Gasteiger partial charge on any atom is 0.410 e. The number of hydrogen-bond donors (Lipinski definition) is 1. The number of carbonyl (C=O) groups excluding carboxylic acids is 3. The van der Waals surface area contributed by atoms with Crippen molar-refractivity contribution >= 4 is 44.6 Å². The van der Waals surface area contributed by atoms with Crippen molar-refractivity contribution in [1.29, 1.82) is 5.26 Å². The predicted octanol–water partition coefficient (Wildman–Crippen LogP) is 5.64. The minimum atomic E-state index is -3.81. The number of furan rings is 1. The Hall–Kier alpha value is -5.42. The van der Waals surface area contributed by atoms with E-state index in [9.17, 15) is 32.5 Å². The van der Waals surface area contributed by atoms with Gasteiger partial charge in [0.15, 0.2) is 0 Å². The number of rotatable bonds is 7. The zero-order valence-corrected chi connectivity index (χ0v) is 29.4. The van der Waals surface area contributed by atoms with E-state index in [1.54, 1.807) is 58.0 Å². The lowest BCUT2D eigenvalue weighted by Crippen LogP contribution is -2.56. The number of halogens is 1. The van der Waals surface area contributed by atoms with E-state index in [1.165, 1.54) is 51.5 Å². The average molecular weight is 704 g/mol. The van der Waals surface area contributed by atoms with Crippen LogP contribution in [-0.4, -0.2) is 87.3 Å². The fourth-order valence-electron chi connectivity index (χ4n) is 5.92. The van der Waals surface area contributed by atoms with E-state index in [4.69, 9.17) is 9.15 Å². The van der Waals surface area contributed by atoms with Gasteiger partial charge < -0.3 is 24.3 Å². The first-order valence-electron chi connectivity index (χ1n) is 15.9. The SMILES string of the molecule is CCN(c1cc2oc(-c3ccc(F)cc3)c(C(=O)NC)c2cc1-c1cccc(C(=O)N2CCN(C(=O)OC(C)(C)C)CC2C#N)c1)S(C)(=O)=O. The smallest absolute Gasteiger partial charge is 0.410 e. The van der Waals surface area contributed by atoms with Crippen LogP contribution in [0, 0.1) is 17.1 Å². The Morgan fingerprint density at radius 2 is 1.78 bits per heavy atom. The summed E-state index contributed by atoms with van der Waals surface area (Å²) >= 11 is 0. The molecule has 50 heavy (non-hydrogen) atoms. The number of piperazine rings is 1. The van der Waals surface area contributed by atoms with Crippen molar-refractivity contribution in [3.8, 4) is 28.5 Å². The molecule has 12 nitrogen and oxygen atoms in total. The standard InChI is InChI=1S/C36H38FN5O7S/c1-7-42(50(6,46)47)29-19-30-28(31(33(43)39-5)32(48-30)22-11-13-25(37)14-12-22)18-27(29)23-9-8-10-24(17-23)34(44)41-16-15-40(21-26(41)20-38)35(45)49-36(2,3)4/h8-14,17-19,26H,7,15-16,21H2,1-6H3,(H,39,43). The van der Waals surface area contributed by atoms with Crippen molar-refractivity contribution in [2.24, 2.45) is 0 Å². The number of hydrogen-bond acceptors (Lipinski definition) is 8. The third-order valence-electron chi connectivity index (χ3n) is 8.19. The summed E-state index contributed by atoms with van der Waals surface area (Å²) in [6.45, 7) is 7.20. The van der Waals surface area contributed by atoms with Crippen LogP contribution in [0.25, 0.3) is 33.4 Å². The zero-order valence-electron chi connectivity index (χ0n) is 28.6. The molecule has 1 unspecified atom stereocenters. The van der Waals surface area contributed by atoms with Gasteiger partial charge in [-0.25, -0.2) is 17.6 Å². The maximum absolute atomic E-state index is 13.9. The van der Waals surface area contributed by atoms with Gasteiger partial charge in [0, 0.05) is 54.8 Å². The minimum absolute atomic E-state index is 0.0311. The van der Waals surface area contributed by atoms with Gasteiger partial charge in [-0.15, -0.1) is 0 Å². The summed E-state index contributed by atoms with van der Waals surface area (Å²) in [5.41, 5.74) is 1.42. The van der Waals surface area contributed by atoms with Crippen molar-refractivity contribution in [3.05, 3.63) is 77.6 Å². The topological polar surface area (TPSA) is 153 Å². The Kier molecular flexibility index (Phi) is 9.92. The summed E-state index contributed by atoms with van der Waals surface area (Å²) < 4.78 is 52.7. The van der Waals surface area contributed by atoms with Crippen molar-refractivity contribution in [1.82, 2.24) is 15.1 Å². The summed E-state index contributed by atoms with van der Waals surface area (Å²) in [4.78, 5) is 42.7. The summed E-state index contributed by atoms with van der Waals surface area (Å²) in [6, 6.07) is 16.3. The van der Waals surface area contributed by atoms with Gasteiger partial charge in [-0.1, -0.05) is 12.1 Å². The van der Waals surface area contributed by atoms with Crippen molar-refractivity contribution < 1.29 is 36.3 Å². The van der Waals surface area contributed by atoms with Gasteiger partial charge in [-0.3, -0.25) is 13.9 Å². The molecule has 2 heterocycles. The Morgan fingerprint density at radius 1 is 1.08 bits per heavy atom. The van der Waals surface area contributed by atoms with E-state index in [0.29, 0.717) is 22.1 Å². The van der Waals surface area contributed by atoms with E-state index in [0.717, 1.165) is 6.26 Å². The number of ether oxygens (including phenoxy) is 1. The van der Waals surface area contributed by atoms with Crippen molar-refractivity contribution in [2.45, 2.75) is 39.3 Å². The molecule has 0 aliphatic carbocycles. The fourth-order valence-corrected chi connectivity index (χ4v) is 6.90. The van der Waals surface area contributed by atoms with Crippen LogP contribution in [0.1, 0.15) is 48.4 Å². The molecule has 3 aromatic carbocycles. The molecular formula is C36H38FN5O7S. The number of nitriles is 1. The van der Waals surface area contributed by atoms with Gasteiger partial charge in [0.2, 0.25) is 10.0 Å². The van der Waals surface area contributed by atoms with Crippen LogP contribution in [0.15, 0.2) is 65.1 Å². The molecule has 1 aromatic heterocycles. The molecule has 5 rings (SSSR count). The first kappa shape index (κ1) is 35.9. The van der Waals surface area contributed by atoms with Crippen LogP contribution < -0.4 is 9.62 Å². The van der Waals surface area contributed by atoms with Gasteiger partial charge in [0.05, 0.1) is 30.1 Å². The Labute approximate surface area is 290 Å². The van der Waals surface area contributed by atoms with E-state index in [2.05, 4.69) is 11.4 Å². The lowest BCUT2D eigenvalue weighted by atomic mass is 9.96. The van der Waals surface area contributed by atoms with E-state index in [-0.39, 0.29) is 54.3 Å². The highest BCUT2D eigenvalue weighted by atomic mass is 32.2. The van der Waals surface area contributed by atoms with Crippen LogP contribution >= 0.6 is 0 Å². The molecule has 262 valence electrons. The quantitative estimate of drug-likeness (QED) is 0.260. The third-order valence-corrected chi connectivity index (χ3v) is 9.44. The van der Waals surface area contributed by atoms with Gasteiger partial charge in [0.25, 0.3) is 11.8 Å². The summed E-state index contributed by atoms with van der Waals surface area (Å²) in [5, 5.41) is 13.0. The van der Waals surface area contributed by atoms with Crippen LogP contribution in [-0.2, 0) is 14.8 Å². The van der Waals surface area contributed by atoms with Crippen LogP contribution in [0.4, 0.5) is 14.9 Å². The van der Waals surface area contributed by atoms with E-state index < -0.39 is 45.4 Å². The summed E-state index contributed by atoms with van der Waals surface area (Å²) in [5.74, 6) is -1.23. The number of nitrogens with one attached hydrogen (secondary N) is 1. The molecule has 0 spiro atoms. The monoisotopic (exact) mass is 703 g/mol. The molecule has 1 N–H and O–H groups in total. The van der Waals surface area contributed by atoms with E-state index >= 15 is 0 Å². The lowest BCUT2D eigenvalue weighted by molar-refractivity contribution is 0.00926. The number of sulfonamides is 1. The van der Waals surface area contributed by atoms with Crippen molar-refractivity contribution in [3.63, 3.8) is 0 Å². The molecule has 14 heteroatoms. The van der Waals surface area contributed by atoms with Gasteiger partial charge in [-0.2, -0.15) is 5.26 Å². The molecule has 1 aliphatic heterocycles. The zero-order chi connectivity index (χ0) is 36.5. The Bertz CT molecular complexity index is 2120. The van der Waals surface area contributed by atoms with E-state index in [1.807, 2.05) is 0 Å². The molecule has 1 saturated heterocycles. The molecule has 3 amide bonds. The fraction of sp³-hybridized carbons (Fsp3) is 0.333. The normalized spacial score (nSPS) is 15.0. The number of amides is 3. The molecule has 1 fully saturated rings. The first-order chi connectivity index (χ1) is 23.6. The van der Waals surface area contributed by atoms with Gasteiger partial charge >= 0.3 is 6.09 Å². The van der Waals surface area contributed by atoms with Gasteiger partial charge in [-0.05, 0) is 75.7 Å². The highest BCUT2D eigenvalue weighted by Gasteiger charge is 2.35. The largest absolute Gasteiger partial charge is 0.455 e. The highest BCUT2D eigenvalue weighted by Crippen LogP contribution is 2.42. The number of anilines is 1. The van der Waals surface area contributed by atoms with Gasteiger partial charge in [0.1, 0.15) is 28.8 Å². The molecule has 1 aliphatic rings. The molecule has 0 radical (unpaired) electrons. The second-order valence-corrected chi connectivity index (χ2v) is 14.7. The Balaban J connectivity index is 1.62. The average Bonchev–Trinajstić information content (AvgIpc) is 3.44. The highest BCUT2D eigenvalue weighted by molar-refractivity contribution is 7.92. The number of carbonyl (C=O) groups is 3. The maximum atomic E-state index is 13.9. The van der Waals surface area contributed by atoms with Crippen LogP contribution in [0.3, 0.4) is 0 Å². The minimum Gasteiger partial charge on any atom is -0.455 e. The van der Waals surface area contributed by atoms with Crippen molar-refractivity contribution in [2.75, 3.05) is 43.8 Å². The summed E-state index contributed by atoms with van der Waals surface area (Å²) in [6.07, 6.45) is 0.505. The third kappa shape index (κ3) is 7.28. The van der Waals surface area contributed by atoms with Crippen LogP contribution in [0.5, 0.6) is 0 Å². The summed E-state index contributed by atoms with van der Waals surface area (Å²) in [7, 11) is -2.35. The predicted molar refractivity (Wildman–Crippen MR) is 187 cm³/mol. The second kappa shape index (κ2) is 13.8. The molecule has 0 bridgehead atoms. The molecular weight excluding hydrogens is 665 g/mol. The second-order valence-electron chi connectivity index (χ2n) is 12.8. The van der Waals surface area contributed by atoms with Crippen LogP contribution in [0.2, 0.25) is 0 Å². The number of fused-ring (bicyclic) bond motifs is 1. The Morgan fingerprint density at radius 3 is 2.38 bits per heavy atom. The number of nitrogens with zero attached hydrogens (tertiary/aromatic N) is 4. The molecule has 1 atom stereocenters. The molecule has 4 aromatic rings. The first-order valence-corrected chi connectivity index (χ1v) is 17.8. The molecule has 0 saturated carbocycles. The number of benzene rings is 3.